The molecule has 100 valence electrons. The fourth-order valence-corrected chi connectivity index (χ4v) is 3.04. The molecular formula is C12H11NO4S2. The van der Waals surface area contributed by atoms with Crippen molar-refractivity contribution >= 4 is 27.0 Å². The van der Waals surface area contributed by atoms with Crippen LogP contribution < -0.4 is 4.87 Å². The quantitative estimate of drug-likeness (QED) is 0.867. The first-order valence-corrected chi connectivity index (χ1v) is 8.04. The van der Waals surface area contributed by atoms with Crippen LogP contribution in [-0.2, 0) is 9.84 Å². The van der Waals surface area contributed by atoms with E-state index >= 15 is 0 Å². The summed E-state index contributed by atoms with van der Waals surface area (Å²) < 4.78 is 22.6. The number of thiazole rings is 1. The summed E-state index contributed by atoms with van der Waals surface area (Å²) in [5, 5.41) is 0. The molecule has 0 aliphatic rings. The maximum absolute atomic E-state index is 12.1. The van der Waals surface area contributed by atoms with Crippen LogP contribution >= 0.6 is 11.3 Å². The van der Waals surface area contributed by atoms with Gasteiger partial charge in [0.1, 0.15) is 0 Å². The van der Waals surface area contributed by atoms with Gasteiger partial charge in [-0.3, -0.25) is 9.59 Å². The maximum atomic E-state index is 12.1. The second kappa shape index (κ2) is 4.75. The first-order chi connectivity index (χ1) is 8.79. The summed E-state index contributed by atoms with van der Waals surface area (Å²) in [6, 6.07) is 5.66. The van der Waals surface area contributed by atoms with Crippen molar-refractivity contribution in [3.05, 3.63) is 50.1 Å². The van der Waals surface area contributed by atoms with Crippen molar-refractivity contribution in [2.24, 2.45) is 0 Å². The second-order valence-corrected chi connectivity index (χ2v) is 7.09. The van der Waals surface area contributed by atoms with E-state index in [1.807, 2.05) is 0 Å². The molecular weight excluding hydrogens is 286 g/mol. The molecule has 0 atom stereocenters. The lowest BCUT2D eigenvalue weighted by molar-refractivity contribution is 0.104. The molecule has 19 heavy (non-hydrogen) atoms. The molecule has 0 amide bonds. The van der Waals surface area contributed by atoms with Gasteiger partial charge in [-0.25, -0.2) is 8.42 Å². The van der Waals surface area contributed by atoms with Crippen LogP contribution in [-0.4, -0.2) is 25.4 Å². The van der Waals surface area contributed by atoms with E-state index in [0.29, 0.717) is 16.1 Å². The number of hydrogen-bond acceptors (Lipinski definition) is 5. The molecule has 1 heterocycles. The first-order valence-electron chi connectivity index (χ1n) is 5.33. The van der Waals surface area contributed by atoms with E-state index in [-0.39, 0.29) is 15.6 Å². The van der Waals surface area contributed by atoms with Gasteiger partial charge in [-0.2, -0.15) is 0 Å². The van der Waals surface area contributed by atoms with Crippen LogP contribution in [0.1, 0.15) is 20.9 Å². The number of aromatic nitrogens is 1. The SMILES string of the molecule is Cc1[nH]c(=O)sc1C(=O)c1ccc(S(C)(=O)=O)cc1. The highest BCUT2D eigenvalue weighted by molar-refractivity contribution is 7.90. The van der Waals surface area contributed by atoms with E-state index in [2.05, 4.69) is 4.98 Å². The molecule has 1 N–H and O–H groups in total. The van der Waals surface area contributed by atoms with Gasteiger partial charge in [-0.15, -0.1) is 0 Å². The van der Waals surface area contributed by atoms with Crippen LogP contribution in [0.15, 0.2) is 34.0 Å². The minimum atomic E-state index is -3.28. The zero-order valence-corrected chi connectivity index (χ0v) is 11.9. The van der Waals surface area contributed by atoms with Crippen molar-refractivity contribution < 1.29 is 13.2 Å². The molecule has 0 fully saturated rings. The van der Waals surface area contributed by atoms with E-state index in [4.69, 9.17) is 0 Å². The van der Waals surface area contributed by atoms with Gasteiger partial charge < -0.3 is 4.98 Å². The molecule has 7 heteroatoms. The first kappa shape index (κ1) is 13.7. The lowest BCUT2D eigenvalue weighted by Crippen LogP contribution is -2.02. The highest BCUT2D eigenvalue weighted by Crippen LogP contribution is 2.17. The number of nitrogens with one attached hydrogen (secondary N) is 1. The van der Waals surface area contributed by atoms with Crippen molar-refractivity contribution in [1.29, 1.82) is 0 Å². The molecule has 0 aliphatic heterocycles. The third-order valence-corrected chi connectivity index (χ3v) is 4.69. The summed E-state index contributed by atoms with van der Waals surface area (Å²) in [4.78, 5) is 26.1. The minimum absolute atomic E-state index is 0.156. The maximum Gasteiger partial charge on any atom is 0.305 e. The normalized spacial score (nSPS) is 11.5. The van der Waals surface area contributed by atoms with Gasteiger partial charge in [0, 0.05) is 17.5 Å². The van der Waals surface area contributed by atoms with Crippen molar-refractivity contribution in [3.63, 3.8) is 0 Å². The Kier molecular flexibility index (Phi) is 3.42. The van der Waals surface area contributed by atoms with Gasteiger partial charge in [0.2, 0.25) is 5.78 Å². The monoisotopic (exact) mass is 297 g/mol. The van der Waals surface area contributed by atoms with Gasteiger partial charge in [-0.1, -0.05) is 11.3 Å². The Labute approximate surface area is 113 Å². The Morgan fingerprint density at radius 1 is 1.21 bits per heavy atom. The predicted molar refractivity (Wildman–Crippen MR) is 72.7 cm³/mol. The molecule has 0 radical (unpaired) electrons. The average Bonchev–Trinajstić information content (AvgIpc) is 2.66. The molecule has 2 rings (SSSR count). The average molecular weight is 297 g/mol. The van der Waals surface area contributed by atoms with E-state index < -0.39 is 9.84 Å². The third kappa shape index (κ3) is 2.82. The molecule has 0 bridgehead atoms. The molecule has 1 aromatic carbocycles. The van der Waals surface area contributed by atoms with Gasteiger partial charge in [-0.05, 0) is 31.2 Å². The van der Waals surface area contributed by atoms with E-state index in [1.165, 1.54) is 24.3 Å². The molecule has 2 aromatic rings. The number of carbonyl (C=O) groups excluding carboxylic acids is 1. The minimum Gasteiger partial charge on any atom is -0.316 e. The standard InChI is InChI=1S/C12H11NO4S2/c1-7-11(18-12(15)13-7)10(14)8-3-5-9(6-4-8)19(2,16)17/h3-6H,1-2H3,(H,13,15). The van der Waals surface area contributed by atoms with Crippen molar-refractivity contribution in [2.75, 3.05) is 6.26 Å². The summed E-state index contributed by atoms with van der Waals surface area (Å²) in [6.07, 6.45) is 1.10. The van der Waals surface area contributed by atoms with Crippen LogP contribution in [0.25, 0.3) is 0 Å². The number of benzene rings is 1. The van der Waals surface area contributed by atoms with Crippen molar-refractivity contribution in [1.82, 2.24) is 4.98 Å². The fraction of sp³-hybridized carbons (Fsp3) is 0.167. The molecule has 0 saturated heterocycles. The summed E-state index contributed by atoms with van der Waals surface area (Å²) in [7, 11) is -3.28. The van der Waals surface area contributed by atoms with Crippen molar-refractivity contribution in [3.8, 4) is 0 Å². The highest BCUT2D eigenvalue weighted by Gasteiger charge is 2.16. The van der Waals surface area contributed by atoms with Gasteiger partial charge in [0.25, 0.3) is 0 Å². The second-order valence-electron chi connectivity index (χ2n) is 4.09. The van der Waals surface area contributed by atoms with Gasteiger partial charge >= 0.3 is 4.87 Å². The van der Waals surface area contributed by atoms with Gasteiger partial charge in [0.15, 0.2) is 9.84 Å². The van der Waals surface area contributed by atoms with Crippen LogP contribution in [0.4, 0.5) is 0 Å². The third-order valence-electron chi connectivity index (χ3n) is 2.58. The van der Waals surface area contributed by atoms with Gasteiger partial charge in [0.05, 0.1) is 9.77 Å². The van der Waals surface area contributed by atoms with Crippen LogP contribution in [0.2, 0.25) is 0 Å². The Balaban J connectivity index is 2.41. The summed E-state index contributed by atoms with van der Waals surface area (Å²) in [6.45, 7) is 1.65. The van der Waals surface area contributed by atoms with E-state index in [1.54, 1.807) is 6.92 Å². The number of rotatable bonds is 3. The number of aryl methyl sites for hydroxylation is 1. The summed E-state index contributed by atoms with van der Waals surface area (Å²) >= 11 is 0.848. The fourth-order valence-electron chi connectivity index (χ4n) is 1.61. The van der Waals surface area contributed by atoms with Crippen LogP contribution in [0.3, 0.4) is 0 Å². The Morgan fingerprint density at radius 3 is 2.21 bits per heavy atom. The number of sulfone groups is 1. The molecule has 5 nitrogen and oxygen atoms in total. The zero-order valence-electron chi connectivity index (χ0n) is 10.3. The molecule has 0 aliphatic carbocycles. The smallest absolute Gasteiger partial charge is 0.305 e. The summed E-state index contributed by atoms with van der Waals surface area (Å²) in [5.74, 6) is -0.291. The van der Waals surface area contributed by atoms with Crippen LogP contribution in [0, 0.1) is 6.92 Å². The highest BCUT2D eigenvalue weighted by atomic mass is 32.2. The number of H-pyrrole nitrogens is 1. The zero-order chi connectivity index (χ0) is 14.2. The Bertz CT molecular complexity index is 782. The molecule has 0 unspecified atom stereocenters. The predicted octanol–water partition coefficient (Wildman–Crippen LogP) is 1.38. The number of hydrogen-bond donors (Lipinski definition) is 1. The molecule has 0 saturated carbocycles. The van der Waals surface area contributed by atoms with E-state index in [9.17, 15) is 18.0 Å². The molecule has 0 spiro atoms. The largest absolute Gasteiger partial charge is 0.316 e. The van der Waals surface area contributed by atoms with E-state index in [0.717, 1.165) is 17.6 Å². The Morgan fingerprint density at radius 2 is 1.79 bits per heavy atom. The van der Waals surface area contributed by atoms with Crippen molar-refractivity contribution in [2.45, 2.75) is 11.8 Å². The lowest BCUT2D eigenvalue weighted by atomic mass is 10.1. The number of ketones is 1. The number of carbonyl (C=O) groups is 1. The molecule has 1 aromatic heterocycles. The topological polar surface area (TPSA) is 84.1 Å². The van der Waals surface area contributed by atoms with Crippen LogP contribution in [0.5, 0.6) is 0 Å². The number of aromatic amines is 1. The Hall–Kier alpha value is -1.73. The lowest BCUT2D eigenvalue weighted by Gasteiger charge is -2.01. The summed E-state index contributed by atoms with van der Waals surface area (Å²) in [5.41, 5.74) is 0.873.